The van der Waals surface area contributed by atoms with Gasteiger partial charge in [0.1, 0.15) is 0 Å². The Balaban J connectivity index is 1.68. The molecule has 0 bridgehead atoms. The number of nitrogens with one attached hydrogen (secondary N) is 1. The van der Waals surface area contributed by atoms with Gasteiger partial charge in [0.25, 0.3) is 0 Å². The van der Waals surface area contributed by atoms with Crippen molar-refractivity contribution < 1.29 is 9.47 Å². The lowest BCUT2D eigenvalue weighted by Gasteiger charge is -2.14. The zero-order chi connectivity index (χ0) is 13.8. The summed E-state index contributed by atoms with van der Waals surface area (Å²) in [5.41, 5.74) is 7.27. The number of imidazole rings is 1. The second-order valence-corrected chi connectivity index (χ2v) is 5.58. The van der Waals surface area contributed by atoms with Gasteiger partial charge in [0, 0.05) is 30.6 Å². The van der Waals surface area contributed by atoms with E-state index in [9.17, 15) is 0 Å². The van der Waals surface area contributed by atoms with E-state index in [0.29, 0.717) is 13.2 Å². The lowest BCUT2D eigenvalue weighted by molar-refractivity contribution is 0.297. The first-order valence-electron chi connectivity index (χ1n) is 6.60. The molecular formula is C14H17N3O2S. The molecule has 1 aliphatic rings. The van der Waals surface area contributed by atoms with Crippen LogP contribution in [0.5, 0.6) is 11.5 Å². The number of aromatic amines is 1. The van der Waals surface area contributed by atoms with Gasteiger partial charge in [-0.3, -0.25) is 0 Å². The van der Waals surface area contributed by atoms with E-state index < -0.39 is 0 Å². The standard InChI is InChI=1S/C14H17N3O2S/c15-11(9-20-14-16-4-5-17-14)10-2-3-12-13(8-10)19-7-1-6-18-12/h2-5,8,11H,1,6-7,9,15H2,(H,16,17). The highest BCUT2D eigenvalue weighted by molar-refractivity contribution is 7.99. The lowest BCUT2D eigenvalue weighted by atomic mass is 10.1. The number of hydrogen-bond acceptors (Lipinski definition) is 5. The molecule has 3 rings (SSSR count). The largest absolute Gasteiger partial charge is 0.490 e. The van der Waals surface area contributed by atoms with Crippen LogP contribution in [0.2, 0.25) is 0 Å². The van der Waals surface area contributed by atoms with E-state index in [0.717, 1.165) is 34.4 Å². The number of aromatic nitrogens is 2. The number of benzene rings is 1. The Bertz CT molecular complexity index is 560. The summed E-state index contributed by atoms with van der Waals surface area (Å²) in [6.07, 6.45) is 4.45. The molecule has 0 spiro atoms. The van der Waals surface area contributed by atoms with Crippen LogP contribution in [-0.4, -0.2) is 28.9 Å². The number of rotatable bonds is 4. The summed E-state index contributed by atoms with van der Waals surface area (Å²) in [4.78, 5) is 7.23. The van der Waals surface area contributed by atoms with Gasteiger partial charge in [0.2, 0.25) is 0 Å². The van der Waals surface area contributed by atoms with Crippen molar-refractivity contribution in [3.8, 4) is 11.5 Å². The van der Waals surface area contributed by atoms with Crippen molar-refractivity contribution in [3.63, 3.8) is 0 Å². The molecule has 0 radical (unpaired) electrons. The number of ether oxygens (including phenoxy) is 2. The monoisotopic (exact) mass is 291 g/mol. The summed E-state index contributed by atoms with van der Waals surface area (Å²) >= 11 is 1.61. The Kier molecular flexibility index (Phi) is 4.13. The number of nitrogens with zero attached hydrogens (tertiary/aromatic N) is 1. The normalized spacial score (nSPS) is 15.7. The van der Waals surface area contributed by atoms with Crippen LogP contribution in [0.15, 0.2) is 35.7 Å². The van der Waals surface area contributed by atoms with Gasteiger partial charge in [0.05, 0.1) is 13.2 Å². The molecule has 106 valence electrons. The number of hydrogen-bond donors (Lipinski definition) is 2. The van der Waals surface area contributed by atoms with Crippen molar-refractivity contribution in [1.29, 1.82) is 0 Å². The Hall–Kier alpha value is -1.66. The second-order valence-electron chi connectivity index (χ2n) is 4.57. The molecule has 0 saturated carbocycles. The van der Waals surface area contributed by atoms with Crippen LogP contribution in [0.25, 0.3) is 0 Å². The SMILES string of the molecule is NC(CSc1ncc[nH]1)c1ccc2c(c1)OCCCO2. The second kappa shape index (κ2) is 6.19. The average molecular weight is 291 g/mol. The van der Waals surface area contributed by atoms with Crippen LogP contribution in [-0.2, 0) is 0 Å². The van der Waals surface area contributed by atoms with Crippen molar-refractivity contribution in [1.82, 2.24) is 9.97 Å². The molecule has 6 heteroatoms. The molecule has 0 saturated heterocycles. The summed E-state index contributed by atoms with van der Waals surface area (Å²) in [6, 6.07) is 5.85. The molecule has 0 amide bonds. The smallest absolute Gasteiger partial charge is 0.165 e. The van der Waals surface area contributed by atoms with Crippen molar-refractivity contribution >= 4 is 11.8 Å². The topological polar surface area (TPSA) is 73.2 Å². The van der Waals surface area contributed by atoms with Crippen LogP contribution >= 0.6 is 11.8 Å². The van der Waals surface area contributed by atoms with Gasteiger partial charge in [0.15, 0.2) is 16.7 Å². The highest BCUT2D eigenvalue weighted by Crippen LogP contribution is 2.32. The molecule has 0 fully saturated rings. The van der Waals surface area contributed by atoms with E-state index in [1.165, 1.54) is 0 Å². The average Bonchev–Trinajstić information content (AvgIpc) is 2.88. The van der Waals surface area contributed by atoms with Crippen LogP contribution in [0, 0.1) is 0 Å². The van der Waals surface area contributed by atoms with Crippen molar-refractivity contribution in [3.05, 3.63) is 36.2 Å². The van der Waals surface area contributed by atoms with Crippen molar-refractivity contribution in [2.75, 3.05) is 19.0 Å². The first-order chi connectivity index (χ1) is 9.83. The Morgan fingerprint density at radius 2 is 2.15 bits per heavy atom. The van der Waals surface area contributed by atoms with Gasteiger partial charge in [-0.25, -0.2) is 4.98 Å². The van der Waals surface area contributed by atoms with E-state index in [-0.39, 0.29) is 6.04 Å². The molecule has 1 aliphatic heterocycles. The number of fused-ring (bicyclic) bond motifs is 1. The van der Waals surface area contributed by atoms with Crippen LogP contribution < -0.4 is 15.2 Å². The maximum Gasteiger partial charge on any atom is 0.165 e. The molecule has 0 aliphatic carbocycles. The van der Waals surface area contributed by atoms with Crippen LogP contribution in [0.3, 0.4) is 0 Å². The summed E-state index contributed by atoms with van der Waals surface area (Å²) in [7, 11) is 0. The molecule has 1 atom stereocenters. The first-order valence-corrected chi connectivity index (χ1v) is 7.59. The fourth-order valence-electron chi connectivity index (χ4n) is 2.01. The van der Waals surface area contributed by atoms with Gasteiger partial charge < -0.3 is 20.2 Å². The van der Waals surface area contributed by atoms with Crippen molar-refractivity contribution in [2.24, 2.45) is 5.73 Å². The summed E-state index contributed by atoms with van der Waals surface area (Å²) in [5, 5.41) is 0.884. The summed E-state index contributed by atoms with van der Waals surface area (Å²) in [5.74, 6) is 2.35. The molecule has 1 unspecified atom stereocenters. The fourth-order valence-corrected chi connectivity index (χ4v) is 2.82. The quantitative estimate of drug-likeness (QED) is 0.846. The summed E-state index contributed by atoms with van der Waals surface area (Å²) in [6.45, 7) is 1.39. The predicted octanol–water partition coefficient (Wildman–Crippen LogP) is 2.36. The van der Waals surface area contributed by atoms with Gasteiger partial charge in [-0.1, -0.05) is 17.8 Å². The Labute approximate surface area is 121 Å². The molecule has 1 aromatic carbocycles. The molecule has 1 aromatic heterocycles. The maximum atomic E-state index is 6.22. The minimum Gasteiger partial charge on any atom is -0.490 e. The van der Waals surface area contributed by atoms with E-state index in [4.69, 9.17) is 15.2 Å². The first kappa shape index (κ1) is 13.3. The third-order valence-corrected chi connectivity index (χ3v) is 4.09. The lowest BCUT2D eigenvalue weighted by Crippen LogP contribution is -2.13. The molecule has 5 nitrogen and oxygen atoms in total. The number of H-pyrrole nitrogens is 1. The molecule has 2 heterocycles. The minimum atomic E-state index is -0.0674. The van der Waals surface area contributed by atoms with E-state index >= 15 is 0 Å². The number of thioether (sulfide) groups is 1. The molecule has 20 heavy (non-hydrogen) atoms. The predicted molar refractivity (Wildman–Crippen MR) is 78.3 cm³/mol. The van der Waals surface area contributed by atoms with Crippen LogP contribution in [0.1, 0.15) is 18.0 Å². The van der Waals surface area contributed by atoms with Gasteiger partial charge in [-0.15, -0.1) is 0 Å². The van der Waals surface area contributed by atoms with Crippen molar-refractivity contribution in [2.45, 2.75) is 17.6 Å². The molecular weight excluding hydrogens is 274 g/mol. The number of nitrogens with two attached hydrogens (primary N) is 1. The Morgan fingerprint density at radius 1 is 1.30 bits per heavy atom. The summed E-state index contributed by atoms with van der Waals surface area (Å²) < 4.78 is 11.3. The zero-order valence-electron chi connectivity index (χ0n) is 11.0. The maximum absolute atomic E-state index is 6.22. The highest BCUT2D eigenvalue weighted by atomic mass is 32.2. The van der Waals surface area contributed by atoms with Gasteiger partial charge in [-0.05, 0) is 17.7 Å². The third-order valence-electron chi connectivity index (χ3n) is 3.07. The van der Waals surface area contributed by atoms with E-state index in [1.54, 1.807) is 24.2 Å². The van der Waals surface area contributed by atoms with E-state index in [2.05, 4.69) is 9.97 Å². The van der Waals surface area contributed by atoms with Crippen LogP contribution in [0.4, 0.5) is 0 Å². The highest BCUT2D eigenvalue weighted by Gasteiger charge is 2.14. The molecule has 2 aromatic rings. The fraction of sp³-hybridized carbons (Fsp3) is 0.357. The van der Waals surface area contributed by atoms with E-state index in [1.807, 2.05) is 18.2 Å². The molecule has 3 N–H and O–H groups in total. The zero-order valence-corrected chi connectivity index (χ0v) is 11.9. The Morgan fingerprint density at radius 3 is 2.95 bits per heavy atom. The van der Waals surface area contributed by atoms with Gasteiger partial charge in [-0.2, -0.15) is 0 Å². The van der Waals surface area contributed by atoms with Gasteiger partial charge >= 0.3 is 0 Å². The third kappa shape index (κ3) is 3.08. The minimum absolute atomic E-state index is 0.0674.